The molecule has 6 heteroatoms. The number of carbonyl (C=O) groups is 2. The minimum atomic E-state index is -0.527. The van der Waals surface area contributed by atoms with Gasteiger partial charge in [0.15, 0.2) is 0 Å². The maximum atomic E-state index is 12.4. The Labute approximate surface area is 160 Å². The third-order valence-electron chi connectivity index (χ3n) is 3.91. The molecule has 0 aliphatic heterocycles. The molecule has 2 rings (SSSR count). The highest BCUT2D eigenvalue weighted by atomic mass is 16.6. The Kier molecular flexibility index (Phi) is 7.19. The summed E-state index contributed by atoms with van der Waals surface area (Å²) in [5, 5.41) is 7.77. The van der Waals surface area contributed by atoms with E-state index in [1.807, 2.05) is 57.2 Å². The zero-order valence-corrected chi connectivity index (χ0v) is 16.4. The van der Waals surface area contributed by atoms with E-state index >= 15 is 0 Å². The lowest BCUT2D eigenvalue weighted by molar-refractivity contribution is -0.136. The van der Waals surface area contributed by atoms with Crippen LogP contribution in [0.1, 0.15) is 33.6 Å². The molecule has 0 radical (unpaired) electrons. The van der Waals surface area contributed by atoms with Crippen molar-refractivity contribution in [1.82, 2.24) is 10.6 Å². The molecule has 2 aromatic carbocycles. The molecule has 0 fully saturated rings. The molecule has 0 heterocycles. The second kappa shape index (κ2) is 9.37. The van der Waals surface area contributed by atoms with Gasteiger partial charge in [-0.25, -0.2) is 9.59 Å². The van der Waals surface area contributed by atoms with Gasteiger partial charge < -0.3 is 20.1 Å². The number of hydrogen-bond acceptors (Lipinski definition) is 5. The first-order chi connectivity index (χ1) is 12.8. The zero-order valence-electron chi connectivity index (χ0n) is 16.4. The van der Waals surface area contributed by atoms with E-state index in [9.17, 15) is 9.59 Å². The van der Waals surface area contributed by atoms with Gasteiger partial charge in [-0.05, 0) is 63.6 Å². The van der Waals surface area contributed by atoms with Gasteiger partial charge in [-0.15, -0.1) is 0 Å². The van der Waals surface area contributed by atoms with Crippen molar-refractivity contribution in [2.24, 2.45) is 0 Å². The molecule has 0 aliphatic rings. The fourth-order valence-corrected chi connectivity index (χ4v) is 2.61. The van der Waals surface area contributed by atoms with E-state index in [-0.39, 0.29) is 5.97 Å². The number of rotatable bonds is 7. The molecule has 2 aromatic rings. The fourth-order valence-electron chi connectivity index (χ4n) is 2.61. The van der Waals surface area contributed by atoms with Crippen LogP contribution in [0.4, 0.5) is 4.79 Å². The van der Waals surface area contributed by atoms with Gasteiger partial charge in [-0.2, -0.15) is 0 Å². The highest BCUT2D eigenvalue weighted by molar-refractivity contribution is 5.85. The molecule has 1 atom stereocenters. The summed E-state index contributed by atoms with van der Waals surface area (Å²) in [6.45, 7) is 5.86. The van der Waals surface area contributed by atoms with Crippen molar-refractivity contribution in [2.45, 2.75) is 45.3 Å². The highest BCUT2D eigenvalue weighted by Gasteiger charge is 2.19. The van der Waals surface area contributed by atoms with Gasteiger partial charge in [0, 0.05) is 6.54 Å². The first-order valence-corrected chi connectivity index (χ1v) is 9.13. The summed E-state index contributed by atoms with van der Waals surface area (Å²) >= 11 is 0. The second-order valence-corrected chi connectivity index (χ2v) is 7.34. The molecule has 0 spiro atoms. The van der Waals surface area contributed by atoms with Crippen molar-refractivity contribution < 1.29 is 19.1 Å². The summed E-state index contributed by atoms with van der Waals surface area (Å²) in [7, 11) is 1.72. The van der Waals surface area contributed by atoms with E-state index in [1.54, 1.807) is 13.1 Å². The number of amides is 1. The summed E-state index contributed by atoms with van der Waals surface area (Å²) in [5.74, 6) is 0.177. The van der Waals surface area contributed by atoms with Crippen LogP contribution in [0.2, 0.25) is 0 Å². The number of ether oxygens (including phenoxy) is 2. The number of hydrogen-bond donors (Lipinski definition) is 2. The van der Waals surface area contributed by atoms with E-state index in [1.165, 1.54) is 0 Å². The van der Waals surface area contributed by atoms with Gasteiger partial charge in [-0.3, -0.25) is 0 Å². The Bertz CT molecular complexity index is 783. The molecule has 6 nitrogen and oxygen atoms in total. The van der Waals surface area contributed by atoms with Gasteiger partial charge in [0.25, 0.3) is 0 Å². The van der Waals surface area contributed by atoms with E-state index in [2.05, 4.69) is 10.6 Å². The quantitative estimate of drug-likeness (QED) is 0.441. The number of alkyl carbamates (subject to hydrolysis) is 1. The van der Waals surface area contributed by atoms with Crippen LogP contribution in [0.5, 0.6) is 5.75 Å². The first-order valence-electron chi connectivity index (χ1n) is 9.13. The molecule has 0 saturated carbocycles. The van der Waals surface area contributed by atoms with E-state index < -0.39 is 17.7 Å². The van der Waals surface area contributed by atoms with Crippen molar-refractivity contribution in [2.75, 3.05) is 13.6 Å². The minimum absolute atomic E-state index is 0.343. The molecule has 0 unspecified atom stereocenters. The molecule has 0 saturated heterocycles. The van der Waals surface area contributed by atoms with E-state index in [4.69, 9.17) is 9.47 Å². The Hall–Kier alpha value is -2.60. The van der Waals surface area contributed by atoms with Gasteiger partial charge in [0.05, 0.1) is 0 Å². The third-order valence-corrected chi connectivity index (χ3v) is 3.91. The Morgan fingerprint density at radius 2 is 1.78 bits per heavy atom. The average Bonchev–Trinajstić information content (AvgIpc) is 2.60. The zero-order chi connectivity index (χ0) is 19.9. The van der Waals surface area contributed by atoms with Crippen molar-refractivity contribution >= 4 is 22.8 Å². The molecule has 1 amide bonds. The maximum absolute atomic E-state index is 12.4. The third kappa shape index (κ3) is 6.90. The molecule has 0 aromatic heterocycles. The van der Waals surface area contributed by atoms with Gasteiger partial charge in [0.1, 0.15) is 17.4 Å². The monoisotopic (exact) mass is 372 g/mol. The van der Waals surface area contributed by atoms with Crippen molar-refractivity contribution in [3.05, 3.63) is 42.5 Å². The first kappa shape index (κ1) is 20.7. The smallest absolute Gasteiger partial charge is 0.407 e. The molecular formula is C21H28N2O4. The number of carbonyl (C=O) groups excluding carboxylic acids is 2. The highest BCUT2D eigenvalue weighted by Crippen LogP contribution is 2.21. The van der Waals surface area contributed by atoms with E-state index in [0.29, 0.717) is 25.1 Å². The number of nitrogens with one attached hydrogen (secondary N) is 2. The van der Waals surface area contributed by atoms with Crippen LogP contribution in [0, 0.1) is 0 Å². The van der Waals surface area contributed by atoms with Crippen LogP contribution in [0.3, 0.4) is 0 Å². The molecular weight excluding hydrogens is 344 g/mol. The lowest BCUT2D eigenvalue weighted by atomic mass is 10.1. The fraction of sp³-hybridized carbons (Fsp3) is 0.429. The molecule has 27 heavy (non-hydrogen) atoms. The van der Waals surface area contributed by atoms with Crippen molar-refractivity contribution in [3.8, 4) is 5.75 Å². The lowest BCUT2D eigenvalue weighted by Gasteiger charge is -2.20. The molecule has 0 aliphatic carbocycles. The molecule has 146 valence electrons. The van der Waals surface area contributed by atoms with Gasteiger partial charge >= 0.3 is 12.1 Å². The van der Waals surface area contributed by atoms with E-state index in [0.717, 1.165) is 10.8 Å². The normalized spacial score (nSPS) is 12.4. The summed E-state index contributed by atoms with van der Waals surface area (Å²) in [5.41, 5.74) is -0.527. The van der Waals surface area contributed by atoms with Crippen LogP contribution in [0.25, 0.3) is 10.8 Å². The average molecular weight is 372 g/mol. The predicted molar refractivity (Wildman–Crippen MR) is 106 cm³/mol. The van der Waals surface area contributed by atoms with Crippen LogP contribution in [0.15, 0.2) is 42.5 Å². The number of likely N-dealkylation sites (N-methyl/N-ethyl adjacent to an activating group) is 1. The van der Waals surface area contributed by atoms with Crippen LogP contribution >= 0.6 is 0 Å². The van der Waals surface area contributed by atoms with Crippen LogP contribution < -0.4 is 15.4 Å². The SMILES string of the molecule is CN[C@@H](CCCNC(=O)OC(C)(C)C)C(=O)Oc1ccc2ccccc2c1. The van der Waals surface area contributed by atoms with Crippen LogP contribution in [-0.4, -0.2) is 37.3 Å². The van der Waals surface area contributed by atoms with Crippen molar-refractivity contribution in [1.29, 1.82) is 0 Å². The topological polar surface area (TPSA) is 76.7 Å². The lowest BCUT2D eigenvalue weighted by Crippen LogP contribution is -2.38. The molecule has 0 bridgehead atoms. The Balaban J connectivity index is 1.81. The number of esters is 1. The maximum Gasteiger partial charge on any atom is 0.407 e. The largest absolute Gasteiger partial charge is 0.444 e. The summed E-state index contributed by atoms with van der Waals surface area (Å²) in [6.07, 6.45) is 0.707. The number of fused-ring (bicyclic) bond motifs is 1. The second-order valence-electron chi connectivity index (χ2n) is 7.34. The van der Waals surface area contributed by atoms with Gasteiger partial charge in [0.2, 0.25) is 0 Å². The Morgan fingerprint density at radius 3 is 2.44 bits per heavy atom. The summed E-state index contributed by atoms with van der Waals surface area (Å²) in [6, 6.07) is 13.0. The predicted octanol–water partition coefficient (Wildman–Crippen LogP) is 3.64. The number of benzene rings is 2. The molecule has 2 N–H and O–H groups in total. The Morgan fingerprint density at radius 1 is 1.07 bits per heavy atom. The minimum Gasteiger partial charge on any atom is -0.444 e. The summed E-state index contributed by atoms with van der Waals surface area (Å²) < 4.78 is 10.7. The standard InChI is InChI=1S/C21H28N2O4/c1-21(2,3)27-20(25)23-13-7-10-18(22-4)19(24)26-17-12-11-15-8-5-6-9-16(15)14-17/h5-6,8-9,11-12,14,18,22H,7,10,13H2,1-4H3,(H,23,25)/t18-/m0/s1. The van der Waals surface area contributed by atoms with Gasteiger partial charge in [-0.1, -0.05) is 30.3 Å². The van der Waals surface area contributed by atoms with Crippen LogP contribution in [-0.2, 0) is 9.53 Å². The van der Waals surface area contributed by atoms with Crippen molar-refractivity contribution in [3.63, 3.8) is 0 Å². The summed E-state index contributed by atoms with van der Waals surface area (Å²) in [4.78, 5) is 24.0.